The zero-order chi connectivity index (χ0) is 30.0. The Morgan fingerprint density at radius 3 is 2.62 bits per heavy atom. The van der Waals surface area contributed by atoms with Crippen LogP contribution >= 0.6 is 11.8 Å². The minimum atomic E-state index is -4.76. The van der Waals surface area contributed by atoms with Crippen LogP contribution in [0.15, 0.2) is 59.9 Å². The van der Waals surface area contributed by atoms with Gasteiger partial charge >= 0.3 is 12.4 Å². The number of carbonyl (C=O) groups is 2. The molecular formula is C29H29F3N6O3S. The third-order valence-corrected chi connectivity index (χ3v) is 7.79. The molecule has 9 nitrogen and oxygen atoms in total. The van der Waals surface area contributed by atoms with Crippen LogP contribution in [0.4, 0.5) is 23.7 Å². The van der Waals surface area contributed by atoms with E-state index in [0.29, 0.717) is 35.9 Å². The maximum absolute atomic E-state index is 12.9. The molecule has 1 aliphatic heterocycles. The second-order valence-corrected chi connectivity index (χ2v) is 11.3. The van der Waals surface area contributed by atoms with E-state index < -0.39 is 12.4 Å². The number of aromatic nitrogens is 3. The van der Waals surface area contributed by atoms with Crippen molar-refractivity contribution >= 4 is 40.1 Å². The molecule has 1 aromatic heterocycles. The Hall–Kier alpha value is -4.13. The molecule has 0 bridgehead atoms. The third-order valence-electron chi connectivity index (χ3n) is 6.86. The number of aryl methyl sites for hydroxylation is 1. The maximum atomic E-state index is 12.9. The predicted molar refractivity (Wildman–Crippen MR) is 155 cm³/mol. The predicted octanol–water partition coefficient (Wildman–Crippen LogP) is 6.38. The fourth-order valence-electron chi connectivity index (χ4n) is 4.81. The number of amides is 3. The van der Waals surface area contributed by atoms with Crippen LogP contribution < -0.4 is 15.0 Å². The van der Waals surface area contributed by atoms with Crippen LogP contribution in [0, 0.1) is 6.92 Å². The van der Waals surface area contributed by atoms with E-state index in [9.17, 15) is 22.8 Å². The number of benzene rings is 2. The summed E-state index contributed by atoms with van der Waals surface area (Å²) in [5.74, 6) is 0.490. The molecule has 220 valence electrons. The van der Waals surface area contributed by atoms with Crippen LogP contribution in [-0.2, 0) is 4.79 Å². The van der Waals surface area contributed by atoms with Crippen molar-refractivity contribution in [3.8, 4) is 11.4 Å². The fraction of sp³-hybridized carbons (Fsp3) is 0.345. The van der Waals surface area contributed by atoms with E-state index in [0.717, 1.165) is 22.4 Å². The first-order chi connectivity index (χ1) is 20.0. The molecule has 1 atom stereocenters. The maximum Gasteiger partial charge on any atom is 0.573 e. The molecule has 2 heterocycles. The summed E-state index contributed by atoms with van der Waals surface area (Å²) < 4.78 is 42.6. The number of halogens is 3. The van der Waals surface area contributed by atoms with Crippen LogP contribution in [0.5, 0.6) is 5.75 Å². The van der Waals surface area contributed by atoms with E-state index in [1.165, 1.54) is 47.0 Å². The van der Waals surface area contributed by atoms with Gasteiger partial charge in [0.2, 0.25) is 5.91 Å². The van der Waals surface area contributed by atoms with Crippen LogP contribution in [0.2, 0.25) is 0 Å². The monoisotopic (exact) mass is 598 g/mol. The van der Waals surface area contributed by atoms with Crippen molar-refractivity contribution < 1.29 is 27.5 Å². The number of allylic oxidation sites excluding steroid dienone is 1. The number of urea groups is 1. The summed E-state index contributed by atoms with van der Waals surface area (Å²) in [7, 11) is 0. The largest absolute Gasteiger partial charge is 0.573 e. The van der Waals surface area contributed by atoms with Gasteiger partial charge in [-0.25, -0.2) is 14.5 Å². The molecule has 1 unspecified atom stereocenters. The smallest absolute Gasteiger partial charge is 0.406 e. The molecule has 2 aliphatic rings. The average molecular weight is 599 g/mol. The Kier molecular flexibility index (Phi) is 8.39. The quantitative estimate of drug-likeness (QED) is 0.353. The summed E-state index contributed by atoms with van der Waals surface area (Å²) in [6.45, 7) is 6.08. The number of alkyl halides is 3. The number of amidine groups is 1. The zero-order valence-electron chi connectivity index (χ0n) is 23.2. The molecule has 5 rings (SSSR count). The first-order valence-corrected chi connectivity index (χ1v) is 14.4. The average Bonchev–Trinajstić information content (AvgIpc) is 3.55. The molecule has 2 aromatic carbocycles. The highest BCUT2D eigenvalue weighted by Crippen LogP contribution is 2.34. The van der Waals surface area contributed by atoms with Crippen molar-refractivity contribution in [2.45, 2.75) is 58.4 Å². The normalized spacial score (nSPS) is 18.5. The molecule has 0 radical (unpaired) electrons. The van der Waals surface area contributed by atoms with Crippen molar-refractivity contribution in [2.75, 3.05) is 10.7 Å². The minimum absolute atomic E-state index is 0.109. The lowest BCUT2D eigenvalue weighted by molar-refractivity contribution is -0.274. The van der Waals surface area contributed by atoms with Gasteiger partial charge in [0.15, 0.2) is 11.0 Å². The third kappa shape index (κ3) is 6.84. The van der Waals surface area contributed by atoms with Crippen molar-refractivity contribution in [1.29, 1.82) is 0 Å². The summed E-state index contributed by atoms with van der Waals surface area (Å²) >= 11 is 1.25. The van der Waals surface area contributed by atoms with E-state index in [-0.39, 0.29) is 29.4 Å². The number of ether oxygens (including phenoxy) is 1. The number of nitrogens with one attached hydrogen (secondary N) is 1. The Labute approximate surface area is 244 Å². The number of nitrogens with zero attached hydrogens (tertiary/aromatic N) is 5. The number of rotatable bonds is 6. The Morgan fingerprint density at radius 1 is 1.19 bits per heavy atom. The van der Waals surface area contributed by atoms with Crippen LogP contribution in [0.25, 0.3) is 11.3 Å². The first kappa shape index (κ1) is 29.4. The number of hydrogen-bond donors (Lipinski definition) is 1. The van der Waals surface area contributed by atoms with Crippen molar-refractivity contribution in [1.82, 2.24) is 20.1 Å². The zero-order valence-corrected chi connectivity index (χ0v) is 24.0. The Balaban J connectivity index is 1.22. The standard InChI is InChI=1S/C29H29F3N6O3S/c1-17(2)23-13-4-18(3)14-24(23)38-25(39)15-42-28(38)35-27(40)34-20-7-5-19(6-8-20)26-33-16-37(36-26)21-9-11-22(12-10-21)41-29(30,31)32/h4-5,9-14,16-17,20H,6-8,15H2,1-3H3,(H,34,40). The Morgan fingerprint density at radius 2 is 1.95 bits per heavy atom. The molecule has 42 heavy (non-hydrogen) atoms. The van der Waals surface area contributed by atoms with Gasteiger partial charge in [-0.2, -0.15) is 4.99 Å². The molecule has 3 amide bonds. The lowest BCUT2D eigenvalue weighted by Gasteiger charge is -2.23. The summed E-state index contributed by atoms with van der Waals surface area (Å²) in [5.41, 5.74) is 4.23. The highest BCUT2D eigenvalue weighted by atomic mass is 32.2. The second-order valence-electron chi connectivity index (χ2n) is 10.3. The lowest BCUT2D eigenvalue weighted by atomic mass is 9.95. The fourth-order valence-corrected chi connectivity index (χ4v) is 5.67. The van der Waals surface area contributed by atoms with Gasteiger partial charge in [-0.15, -0.1) is 18.3 Å². The minimum Gasteiger partial charge on any atom is -0.406 e. The summed E-state index contributed by atoms with van der Waals surface area (Å²) in [4.78, 5) is 35.8. The number of aliphatic imine (C=N–C) groups is 1. The number of anilines is 1. The second kappa shape index (κ2) is 12.0. The summed E-state index contributed by atoms with van der Waals surface area (Å²) in [6.07, 6.45) is 0.507. The van der Waals surface area contributed by atoms with Gasteiger partial charge in [-0.05, 0) is 79.1 Å². The van der Waals surface area contributed by atoms with Crippen molar-refractivity contribution in [2.24, 2.45) is 4.99 Å². The SMILES string of the molecule is Cc1ccc(C(C)C)c(N2C(=O)CSC2=NC(=O)NC2CC=C(c3ncn(-c4ccc(OC(F)(F)F)cc4)n3)CC2)c1. The highest BCUT2D eigenvalue weighted by molar-refractivity contribution is 8.15. The topological polar surface area (TPSA) is 102 Å². The van der Waals surface area contributed by atoms with Crippen molar-refractivity contribution in [3.63, 3.8) is 0 Å². The van der Waals surface area contributed by atoms with E-state index in [2.05, 4.69) is 39.0 Å². The molecule has 13 heteroatoms. The Bertz CT molecular complexity index is 1550. The van der Waals surface area contributed by atoms with E-state index in [4.69, 9.17) is 0 Å². The summed E-state index contributed by atoms with van der Waals surface area (Å²) in [5, 5.41) is 7.77. The van der Waals surface area contributed by atoms with E-state index >= 15 is 0 Å². The van der Waals surface area contributed by atoms with Crippen LogP contribution in [0.1, 0.15) is 56.0 Å². The van der Waals surface area contributed by atoms with Gasteiger partial charge in [-0.3, -0.25) is 9.69 Å². The number of carbonyl (C=O) groups excluding carboxylic acids is 2. The van der Waals surface area contributed by atoms with E-state index in [1.807, 2.05) is 31.2 Å². The van der Waals surface area contributed by atoms with Crippen LogP contribution in [0.3, 0.4) is 0 Å². The van der Waals surface area contributed by atoms with Gasteiger partial charge < -0.3 is 10.1 Å². The molecule has 1 saturated heterocycles. The molecule has 1 fully saturated rings. The molecule has 1 aliphatic carbocycles. The molecule has 0 spiro atoms. The van der Waals surface area contributed by atoms with Crippen LogP contribution in [-0.4, -0.2) is 50.0 Å². The molecule has 1 N–H and O–H groups in total. The lowest BCUT2D eigenvalue weighted by Crippen LogP contribution is -2.36. The van der Waals surface area contributed by atoms with Gasteiger partial charge in [0.25, 0.3) is 0 Å². The van der Waals surface area contributed by atoms with Gasteiger partial charge in [0, 0.05) is 6.04 Å². The van der Waals surface area contributed by atoms with Crippen molar-refractivity contribution in [3.05, 3.63) is 71.8 Å². The number of hydrogen-bond acceptors (Lipinski definition) is 6. The molecule has 3 aromatic rings. The highest BCUT2D eigenvalue weighted by Gasteiger charge is 2.33. The van der Waals surface area contributed by atoms with Gasteiger partial charge in [0.1, 0.15) is 12.1 Å². The first-order valence-electron chi connectivity index (χ1n) is 13.4. The molecular weight excluding hydrogens is 569 g/mol. The number of thioether (sulfide) groups is 1. The molecule has 0 saturated carbocycles. The van der Waals surface area contributed by atoms with Gasteiger partial charge in [-0.1, -0.05) is 43.8 Å². The van der Waals surface area contributed by atoms with E-state index in [1.54, 1.807) is 4.90 Å². The van der Waals surface area contributed by atoms with Gasteiger partial charge in [0.05, 0.1) is 17.1 Å². The summed E-state index contributed by atoms with van der Waals surface area (Å²) in [6, 6.07) is 10.7.